The number of aryl methyl sites for hydroxylation is 1. The van der Waals surface area contributed by atoms with Gasteiger partial charge in [-0.1, -0.05) is 25.1 Å². The molecule has 4 nitrogen and oxygen atoms in total. The summed E-state index contributed by atoms with van der Waals surface area (Å²) in [4.78, 5) is 8.67. The van der Waals surface area contributed by atoms with E-state index in [2.05, 4.69) is 9.97 Å². The Kier molecular flexibility index (Phi) is 3.77. The first-order chi connectivity index (χ1) is 8.70. The van der Waals surface area contributed by atoms with Crippen LogP contribution in [0.25, 0.3) is 0 Å². The molecule has 18 heavy (non-hydrogen) atoms. The van der Waals surface area contributed by atoms with Crippen molar-refractivity contribution >= 4 is 5.82 Å². The predicted molar refractivity (Wildman–Crippen MR) is 71.3 cm³/mol. The number of nitrogens with zero attached hydrogens (tertiary/aromatic N) is 2. The van der Waals surface area contributed by atoms with Crippen molar-refractivity contribution in [3.05, 3.63) is 47.4 Å². The van der Waals surface area contributed by atoms with Crippen LogP contribution in [-0.2, 0) is 13.0 Å². The van der Waals surface area contributed by atoms with Gasteiger partial charge in [-0.3, -0.25) is 0 Å². The van der Waals surface area contributed by atoms with Crippen LogP contribution in [0.3, 0.4) is 0 Å². The minimum absolute atomic E-state index is 0.332. The van der Waals surface area contributed by atoms with Crippen molar-refractivity contribution in [2.24, 2.45) is 0 Å². The second kappa shape index (κ2) is 5.49. The van der Waals surface area contributed by atoms with Crippen LogP contribution in [-0.4, -0.2) is 9.97 Å². The molecule has 94 valence electrons. The van der Waals surface area contributed by atoms with Gasteiger partial charge in [0, 0.05) is 11.3 Å². The fourth-order valence-electron chi connectivity index (χ4n) is 1.84. The van der Waals surface area contributed by atoms with E-state index in [4.69, 9.17) is 10.5 Å². The number of para-hydroxylation sites is 1. The fraction of sp³-hybridized carbons (Fsp3) is 0.286. The number of ether oxygens (including phenoxy) is 1. The number of benzene rings is 1. The van der Waals surface area contributed by atoms with Crippen molar-refractivity contribution < 1.29 is 4.74 Å². The van der Waals surface area contributed by atoms with E-state index in [0.29, 0.717) is 18.2 Å². The third-order valence-electron chi connectivity index (χ3n) is 2.76. The van der Waals surface area contributed by atoms with Crippen LogP contribution < -0.4 is 10.5 Å². The molecule has 1 aromatic carbocycles. The third kappa shape index (κ3) is 2.77. The number of rotatable bonds is 4. The Morgan fingerprint density at radius 1 is 1.17 bits per heavy atom. The molecule has 0 amide bonds. The Labute approximate surface area is 107 Å². The van der Waals surface area contributed by atoms with E-state index in [0.717, 1.165) is 23.4 Å². The Balaban J connectivity index is 2.11. The maximum absolute atomic E-state index is 5.90. The summed E-state index contributed by atoms with van der Waals surface area (Å²) in [5, 5.41) is 0. The van der Waals surface area contributed by atoms with E-state index in [-0.39, 0.29) is 0 Å². The van der Waals surface area contributed by atoms with Crippen LogP contribution in [0.2, 0.25) is 0 Å². The van der Waals surface area contributed by atoms with Gasteiger partial charge in [-0.15, -0.1) is 0 Å². The molecule has 0 aliphatic carbocycles. The predicted octanol–water partition coefficient (Wildman–Crippen LogP) is 2.51. The second-order valence-electron chi connectivity index (χ2n) is 4.04. The van der Waals surface area contributed by atoms with Gasteiger partial charge in [0.1, 0.15) is 18.2 Å². The number of hydrogen-bond acceptors (Lipinski definition) is 4. The standard InChI is InChI=1S/C14H17N3O/c1-3-12-10(2)16-13(17-14(12)15)9-18-11-7-5-4-6-8-11/h4-8H,3,9H2,1-2H3,(H2,15,16,17). The van der Waals surface area contributed by atoms with E-state index in [1.807, 2.05) is 44.2 Å². The molecule has 0 aliphatic rings. The Morgan fingerprint density at radius 2 is 1.89 bits per heavy atom. The summed E-state index contributed by atoms with van der Waals surface area (Å²) < 4.78 is 5.59. The van der Waals surface area contributed by atoms with Gasteiger partial charge in [0.2, 0.25) is 0 Å². The Hall–Kier alpha value is -2.10. The lowest BCUT2D eigenvalue weighted by atomic mass is 10.2. The molecule has 0 atom stereocenters. The van der Waals surface area contributed by atoms with Crippen LogP contribution in [0.15, 0.2) is 30.3 Å². The number of anilines is 1. The smallest absolute Gasteiger partial charge is 0.168 e. The fourth-order valence-corrected chi connectivity index (χ4v) is 1.84. The van der Waals surface area contributed by atoms with E-state index >= 15 is 0 Å². The SMILES string of the molecule is CCc1c(C)nc(COc2ccccc2)nc1N. The number of nitrogen functional groups attached to an aromatic ring is 1. The first kappa shape index (κ1) is 12.4. The van der Waals surface area contributed by atoms with Crippen LogP contribution in [0.5, 0.6) is 5.75 Å². The second-order valence-corrected chi connectivity index (χ2v) is 4.04. The van der Waals surface area contributed by atoms with Crippen molar-refractivity contribution in [3.63, 3.8) is 0 Å². The third-order valence-corrected chi connectivity index (χ3v) is 2.76. The van der Waals surface area contributed by atoms with Gasteiger partial charge >= 0.3 is 0 Å². The average molecular weight is 243 g/mol. The lowest BCUT2D eigenvalue weighted by Gasteiger charge is -2.09. The van der Waals surface area contributed by atoms with Crippen LogP contribution in [0.4, 0.5) is 5.82 Å². The maximum atomic E-state index is 5.90. The lowest BCUT2D eigenvalue weighted by Crippen LogP contribution is -2.09. The van der Waals surface area contributed by atoms with E-state index in [1.54, 1.807) is 0 Å². The largest absolute Gasteiger partial charge is 0.486 e. The minimum Gasteiger partial charge on any atom is -0.486 e. The molecule has 0 saturated heterocycles. The Bertz CT molecular complexity index is 503. The summed E-state index contributed by atoms with van der Waals surface area (Å²) >= 11 is 0. The van der Waals surface area contributed by atoms with Crippen LogP contribution >= 0.6 is 0 Å². The molecule has 4 heteroatoms. The number of hydrogen-bond donors (Lipinski definition) is 1. The van der Waals surface area contributed by atoms with Gasteiger partial charge in [0.05, 0.1) is 0 Å². The van der Waals surface area contributed by atoms with Gasteiger partial charge in [-0.05, 0) is 25.5 Å². The van der Waals surface area contributed by atoms with Gasteiger partial charge in [-0.2, -0.15) is 0 Å². The molecule has 1 aromatic heterocycles. The van der Waals surface area contributed by atoms with E-state index < -0.39 is 0 Å². The monoisotopic (exact) mass is 243 g/mol. The quantitative estimate of drug-likeness (QED) is 0.896. The molecule has 0 bridgehead atoms. The molecular formula is C14H17N3O. The highest BCUT2D eigenvalue weighted by Gasteiger charge is 2.07. The first-order valence-electron chi connectivity index (χ1n) is 6.00. The lowest BCUT2D eigenvalue weighted by molar-refractivity contribution is 0.295. The van der Waals surface area contributed by atoms with Crippen molar-refractivity contribution in [2.75, 3.05) is 5.73 Å². The summed E-state index contributed by atoms with van der Waals surface area (Å²) in [7, 11) is 0. The Morgan fingerprint density at radius 3 is 2.50 bits per heavy atom. The summed E-state index contributed by atoms with van der Waals surface area (Å²) in [6, 6.07) is 9.60. The van der Waals surface area contributed by atoms with Crippen molar-refractivity contribution in [1.82, 2.24) is 9.97 Å². The molecule has 2 aromatic rings. The molecule has 2 rings (SSSR count). The van der Waals surface area contributed by atoms with E-state index in [9.17, 15) is 0 Å². The zero-order valence-electron chi connectivity index (χ0n) is 10.7. The molecule has 0 fully saturated rings. The van der Waals surface area contributed by atoms with Gasteiger partial charge in [0.15, 0.2) is 5.82 Å². The van der Waals surface area contributed by atoms with Crippen molar-refractivity contribution in [3.8, 4) is 5.75 Å². The topological polar surface area (TPSA) is 61.0 Å². The van der Waals surface area contributed by atoms with Gasteiger partial charge < -0.3 is 10.5 Å². The molecule has 0 saturated carbocycles. The first-order valence-corrected chi connectivity index (χ1v) is 6.00. The summed E-state index contributed by atoms with van der Waals surface area (Å²) in [6.45, 7) is 4.32. The van der Waals surface area contributed by atoms with Crippen LogP contribution in [0, 0.1) is 6.92 Å². The highest BCUT2D eigenvalue weighted by atomic mass is 16.5. The highest BCUT2D eigenvalue weighted by molar-refractivity contribution is 5.41. The van der Waals surface area contributed by atoms with Gasteiger partial charge in [0.25, 0.3) is 0 Å². The summed E-state index contributed by atoms with van der Waals surface area (Å²) in [6.07, 6.45) is 0.845. The summed E-state index contributed by atoms with van der Waals surface area (Å²) in [5.74, 6) is 1.97. The zero-order chi connectivity index (χ0) is 13.0. The normalized spacial score (nSPS) is 10.3. The van der Waals surface area contributed by atoms with Gasteiger partial charge in [-0.25, -0.2) is 9.97 Å². The van der Waals surface area contributed by atoms with Crippen molar-refractivity contribution in [2.45, 2.75) is 26.9 Å². The minimum atomic E-state index is 0.332. The molecule has 0 radical (unpaired) electrons. The van der Waals surface area contributed by atoms with Crippen LogP contribution in [0.1, 0.15) is 24.0 Å². The van der Waals surface area contributed by atoms with E-state index in [1.165, 1.54) is 0 Å². The number of aromatic nitrogens is 2. The number of nitrogens with two attached hydrogens (primary N) is 1. The molecule has 0 spiro atoms. The maximum Gasteiger partial charge on any atom is 0.168 e. The molecule has 0 aliphatic heterocycles. The molecular weight excluding hydrogens is 226 g/mol. The summed E-state index contributed by atoms with van der Waals surface area (Å²) in [5.41, 5.74) is 7.83. The molecule has 1 heterocycles. The van der Waals surface area contributed by atoms with Crippen molar-refractivity contribution in [1.29, 1.82) is 0 Å². The zero-order valence-corrected chi connectivity index (χ0v) is 10.7. The molecule has 0 unspecified atom stereocenters. The highest BCUT2D eigenvalue weighted by Crippen LogP contribution is 2.15. The molecule has 2 N–H and O–H groups in total. The average Bonchev–Trinajstić information content (AvgIpc) is 2.37.